The number of amides is 2. The zero-order chi connectivity index (χ0) is 18.1. The Hall–Kier alpha value is -2.44. The van der Waals surface area contributed by atoms with E-state index in [-0.39, 0.29) is 24.7 Å². The van der Waals surface area contributed by atoms with Crippen molar-refractivity contribution in [3.8, 4) is 0 Å². The summed E-state index contributed by atoms with van der Waals surface area (Å²) >= 11 is 0. The van der Waals surface area contributed by atoms with Crippen LogP contribution in [0.2, 0.25) is 0 Å². The molecule has 0 aromatic heterocycles. The third-order valence-corrected chi connectivity index (χ3v) is 4.83. The van der Waals surface area contributed by atoms with E-state index in [0.717, 1.165) is 12.8 Å². The van der Waals surface area contributed by atoms with Crippen molar-refractivity contribution in [2.24, 2.45) is 11.8 Å². The van der Waals surface area contributed by atoms with Crippen LogP contribution in [-0.2, 0) is 14.4 Å². The molecule has 1 aromatic carbocycles. The van der Waals surface area contributed by atoms with Gasteiger partial charge in [-0.2, -0.15) is 0 Å². The summed E-state index contributed by atoms with van der Waals surface area (Å²) in [6.07, 6.45) is 2.46. The summed E-state index contributed by atoms with van der Waals surface area (Å²) in [6, 6.07) is 3.47. The molecule has 2 aliphatic rings. The Kier molecular flexibility index (Phi) is 4.74. The summed E-state index contributed by atoms with van der Waals surface area (Å²) in [5, 5.41) is 11.8. The van der Waals surface area contributed by atoms with E-state index in [4.69, 9.17) is 0 Å². The van der Waals surface area contributed by atoms with Crippen molar-refractivity contribution in [2.45, 2.75) is 38.6 Å². The standard InChI is InChI=1S/C18H21FN2O4/c1-10-6-13(4-5-14(10)19)21-9-12(8-16(21)22)17(23)20-15(18(24)25)7-11-2-3-11/h4-6,11-12,15H,2-3,7-9H2,1H3,(H,20,23)(H,24,25). The normalized spacial score (nSPS) is 21.3. The van der Waals surface area contributed by atoms with Crippen LogP contribution >= 0.6 is 0 Å². The van der Waals surface area contributed by atoms with E-state index in [9.17, 15) is 23.9 Å². The zero-order valence-electron chi connectivity index (χ0n) is 14.0. The van der Waals surface area contributed by atoms with Gasteiger partial charge in [0.15, 0.2) is 0 Å². The maximum Gasteiger partial charge on any atom is 0.326 e. The monoisotopic (exact) mass is 348 g/mol. The Morgan fingerprint density at radius 3 is 2.72 bits per heavy atom. The molecule has 0 radical (unpaired) electrons. The zero-order valence-corrected chi connectivity index (χ0v) is 14.0. The Labute approximate surface area is 145 Å². The van der Waals surface area contributed by atoms with Crippen molar-refractivity contribution in [3.63, 3.8) is 0 Å². The van der Waals surface area contributed by atoms with Gasteiger partial charge >= 0.3 is 5.97 Å². The number of halogens is 1. The number of carbonyl (C=O) groups excluding carboxylic acids is 2. The van der Waals surface area contributed by atoms with Crippen molar-refractivity contribution in [2.75, 3.05) is 11.4 Å². The van der Waals surface area contributed by atoms with Gasteiger partial charge in [-0.1, -0.05) is 12.8 Å². The molecule has 2 atom stereocenters. The number of hydrogen-bond donors (Lipinski definition) is 2. The molecule has 6 nitrogen and oxygen atoms in total. The minimum Gasteiger partial charge on any atom is -0.480 e. The van der Waals surface area contributed by atoms with Crippen LogP contribution in [-0.4, -0.2) is 35.5 Å². The Bertz CT molecular complexity index is 717. The number of carboxylic acids is 1. The maximum atomic E-state index is 13.4. The van der Waals surface area contributed by atoms with Crippen molar-refractivity contribution in [1.29, 1.82) is 0 Å². The SMILES string of the molecule is Cc1cc(N2CC(C(=O)NC(CC3CC3)C(=O)O)CC2=O)ccc1F. The smallest absolute Gasteiger partial charge is 0.326 e. The van der Waals surface area contributed by atoms with Crippen LogP contribution in [0.15, 0.2) is 18.2 Å². The number of anilines is 1. The highest BCUT2D eigenvalue weighted by molar-refractivity contribution is 6.00. The topological polar surface area (TPSA) is 86.7 Å². The van der Waals surface area contributed by atoms with Crippen molar-refractivity contribution < 1.29 is 23.9 Å². The highest BCUT2D eigenvalue weighted by atomic mass is 19.1. The average molecular weight is 348 g/mol. The lowest BCUT2D eigenvalue weighted by atomic mass is 10.1. The largest absolute Gasteiger partial charge is 0.480 e. The summed E-state index contributed by atoms with van der Waals surface area (Å²) in [7, 11) is 0. The number of carbonyl (C=O) groups is 3. The maximum absolute atomic E-state index is 13.4. The van der Waals surface area contributed by atoms with Gasteiger partial charge in [0.2, 0.25) is 11.8 Å². The predicted molar refractivity (Wildman–Crippen MR) is 88.5 cm³/mol. The van der Waals surface area contributed by atoms with Crippen LogP contribution in [0.3, 0.4) is 0 Å². The van der Waals surface area contributed by atoms with Crippen molar-refractivity contribution >= 4 is 23.5 Å². The Morgan fingerprint density at radius 2 is 2.12 bits per heavy atom. The molecule has 0 bridgehead atoms. The van der Waals surface area contributed by atoms with E-state index >= 15 is 0 Å². The second-order valence-electron chi connectivity index (χ2n) is 6.92. The van der Waals surface area contributed by atoms with E-state index in [1.807, 2.05) is 0 Å². The fourth-order valence-corrected chi connectivity index (χ4v) is 3.13. The highest BCUT2D eigenvalue weighted by Gasteiger charge is 2.37. The van der Waals surface area contributed by atoms with Crippen molar-refractivity contribution in [1.82, 2.24) is 5.32 Å². The molecule has 2 amide bonds. The van der Waals surface area contributed by atoms with Crippen LogP contribution in [0.25, 0.3) is 0 Å². The molecule has 1 saturated heterocycles. The molecule has 7 heteroatoms. The number of carboxylic acid groups (broad SMARTS) is 1. The van der Waals surface area contributed by atoms with Gasteiger partial charge in [0.05, 0.1) is 5.92 Å². The fraction of sp³-hybridized carbons (Fsp3) is 0.500. The van der Waals surface area contributed by atoms with Gasteiger partial charge in [0.25, 0.3) is 0 Å². The third-order valence-electron chi connectivity index (χ3n) is 4.83. The van der Waals surface area contributed by atoms with Crippen LogP contribution < -0.4 is 10.2 Å². The van der Waals surface area contributed by atoms with Crippen LogP contribution in [0.1, 0.15) is 31.2 Å². The molecule has 0 spiro atoms. The Balaban J connectivity index is 1.65. The average Bonchev–Trinajstić information content (AvgIpc) is 3.29. The van der Waals surface area contributed by atoms with Gasteiger partial charge in [-0.3, -0.25) is 9.59 Å². The number of aliphatic carboxylic acids is 1. The van der Waals surface area contributed by atoms with E-state index < -0.39 is 23.8 Å². The van der Waals surface area contributed by atoms with Crippen LogP contribution in [0.5, 0.6) is 0 Å². The number of nitrogens with zero attached hydrogens (tertiary/aromatic N) is 1. The van der Waals surface area contributed by atoms with Crippen LogP contribution in [0.4, 0.5) is 10.1 Å². The van der Waals surface area contributed by atoms with Gasteiger partial charge in [-0.25, -0.2) is 9.18 Å². The van der Waals surface area contributed by atoms with Gasteiger partial charge in [-0.05, 0) is 43.0 Å². The summed E-state index contributed by atoms with van der Waals surface area (Å²) in [4.78, 5) is 37.4. The first-order chi connectivity index (χ1) is 11.8. The minimum absolute atomic E-state index is 0.0258. The molecule has 1 heterocycles. The molecule has 2 N–H and O–H groups in total. The summed E-state index contributed by atoms with van der Waals surface area (Å²) in [5.74, 6) is -2.27. The van der Waals surface area contributed by atoms with Crippen molar-refractivity contribution in [3.05, 3.63) is 29.6 Å². The molecule has 1 aliphatic carbocycles. The van der Waals surface area contributed by atoms with Gasteiger partial charge in [0.1, 0.15) is 11.9 Å². The molecule has 1 saturated carbocycles. The highest BCUT2D eigenvalue weighted by Crippen LogP contribution is 2.34. The number of benzene rings is 1. The number of rotatable bonds is 6. The second-order valence-corrected chi connectivity index (χ2v) is 6.92. The molecule has 1 aromatic rings. The first-order valence-electron chi connectivity index (χ1n) is 8.45. The van der Waals surface area contributed by atoms with Gasteiger partial charge in [-0.15, -0.1) is 0 Å². The molecule has 134 valence electrons. The lowest BCUT2D eigenvalue weighted by Gasteiger charge is -2.19. The van der Waals surface area contributed by atoms with E-state index in [1.54, 1.807) is 13.0 Å². The lowest BCUT2D eigenvalue weighted by molar-refractivity contribution is -0.142. The fourth-order valence-electron chi connectivity index (χ4n) is 3.13. The number of nitrogens with one attached hydrogen (secondary N) is 1. The first-order valence-corrected chi connectivity index (χ1v) is 8.45. The molecular formula is C18H21FN2O4. The van der Waals surface area contributed by atoms with E-state index in [0.29, 0.717) is 23.6 Å². The minimum atomic E-state index is -1.05. The summed E-state index contributed by atoms with van der Waals surface area (Å²) < 4.78 is 13.4. The molecular weight excluding hydrogens is 327 g/mol. The molecule has 1 aliphatic heterocycles. The van der Waals surface area contributed by atoms with Gasteiger partial charge in [0, 0.05) is 18.7 Å². The summed E-state index contributed by atoms with van der Waals surface area (Å²) in [5.41, 5.74) is 0.973. The quantitative estimate of drug-likeness (QED) is 0.821. The van der Waals surface area contributed by atoms with E-state index in [2.05, 4.69) is 5.32 Å². The molecule has 2 fully saturated rings. The van der Waals surface area contributed by atoms with Crippen LogP contribution in [0, 0.1) is 24.6 Å². The van der Waals surface area contributed by atoms with Gasteiger partial charge < -0.3 is 15.3 Å². The third kappa shape index (κ3) is 3.97. The second kappa shape index (κ2) is 6.82. The molecule has 25 heavy (non-hydrogen) atoms. The molecule has 3 rings (SSSR count). The molecule has 2 unspecified atom stereocenters. The number of aryl methyl sites for hydroxylation is 1. The first kappa shape index (κ1) is 17.4. The lowest BCUT2D eigenvalue weighted by Crippen LogP contribution is -2.44. The number of hydrogen-bond acceptors (Lipinski definition) is 3. The summed E-state index contributed by atoms with van der Waals surface area (Å²) in [6.45, 7) is 1.78. The van der Waals surface area contributed by atoms with E-state index in [1.165, 1.54) is 17.0 Å². The Morgan fingerprint density at radius 1 is 1.40 bits per heavy atom. The predicted octanol–water partition coefficient (Wildman–Crippen LogP) is 1.86.